The molecule has 0 amide bonds. The van der Waals surface area contributed by atoms with Gasteiger partial charge in [0.05, 0.1) is 24.1 Å². The Morgan fingerprint density at radius 2 is 2.00 bits per heavy atom. The van der Waals surface area contributed by atoms with Crippen LogP contribution in [0.2, 0.25) is 0 Å². The highest BCUT2D eigenvalue weighted by Gasteiger charge is 2.19. The average molecular weight is 405 g/mol. The van der Waals surface area contributed by atoms with E-state index in [-0.39, 0.29) is 5.41 Å². The van der Waals surface area contributed by atoms with Gasteiger partial charge in [0, 0.05) is 22.3 Å². The lowest BCUT2D eigenvalue weighted by atomic mass is 9.93. The fraction of sp³-hybridized carbons (Fsp3) is 0.312. The highest BCUT2D eigenvalue weighted by molar-refractivity contribution is 9.10. The van der Waals surface area contributed by atoms with Crippen LogP contribution in [0.5, 0.6) is 0 Å². The number of imidazole rings is 2. The molecule has 124 valence electrons. The molecule has 0 radical (unpaired) electrons. The van der Waals surface area contributed by atoms with Crippen molar-refractivity contribution in [3.05, 3.63) is 46.6 Å². The van der Waals surface area contributed by atoms with Gasteiger partial charge >= 0.3 is 0 Å². The number of nitrogens with zero attached hydrogens (tertiary/aromatic N) is 5. The largest absolute Gasteiger partial charge is 0.354 e. The maximum absolute atomic E-state index is 4.66. The van der Waals surface area contributed by atoms with E-state index >= 15 is 0 Å². The van der Waals surface area contributed by atoms with E-state index in [0.717, 1.165) is 31.6 Å². The van der Waals surface area contributed by atoms with Crippen LogP contribution in [-0.4, -0.2) is 24.0 Å². The van der Waals surface area contributed by atoms with Crippen molar-refractivity contribution in [3.63, 3.8) is 0 Å². The third-order valence-electron chi connectivity index (χ3n) is 3.70. The molecule has 4 heterocycles. The highest BCUT2D eigenvalue weighted by Crippen LogP contribution is 2.25. The van der Waals surface area contributed by atoms with Gasteiger partial charge in [0.15, 0.2) is 0 Å². The lowest BCUT2D eigenvalue weighted by Crippen LogP contribution is -2.11. The van der Waals surface area contributed by atoms with Crippen LogP contribution in [0.3, 0.4) is 0 Å². The normalized spacial score (nSPS) is 12.3. The Kier molecular flexibility index (Phi) is 3.61. The minimum Gasteiger partial charge on any atom is -0.354 e. The minimum absolute atomic E-state index is 0.0336. The summed E-state index contributed by atoms with van der Waals surface area (Å²) in [6, 6.07) is 3.97. The fourth-order valence-corrected chi connectivity index (χ4v) is 3.53. The molecule has 0 bridgehead atoms. The number of halogens is 1. The summed E-state index contributed by atoms with van der Waals surface area (Å²) in [5.74, 6) is 0. The Morgan fingerprint density at radius 1 is 1.17 bits per heavy atom. The topological polar surface area (TPSA) is 59.5 Å². The van der Waals surface area contributed by atoms with Gasteiger partial charge < -0.3 is 9.72 Å². The number of anilines is 1. The van der Waals surface area contributed by atoms with Gasteiger partial charge in [-0.05, 0) is 28.1 Å². The van der Waals surface area contributed by atoms with Crippen LogP contribution >= 0.6 is 27.3 Å². The van der Waals surface area contributed by atoms with E-state index in [9.17, 15) is 0 Å². The molecule has 0 atom stereocenters. The third kappa shape index (κ3) is 2.91. The molecule has 4 aromatic heterocycles. The summed E-state index contributed by atoms with van der Waals surface area (Å²) in [4.78, 5) is 10.2. The number of fused-ring (bicyclic) bond motifs is 2. The molecule has 0 saturated heterocycles. The van der Waals surface area contributed by atoms with Crippen molar-refractivity contribution in [2.45, 2.75) is 32.7 Å². The summed E-state index contributed by atoms with van der Waals surface area (Å²) in [6.45, 7) is 7.09. The molecule has 24 heavy (non-hydrogen) atoms. The van der Waals surface area contributed by atoms with E-state index in [1.54, 1.807) is 11.3 Å². The van der Waals surface area contributed by atoms with E-state index < -0.39 is 0 Å². The summed E-state index contributed by atoms with van der Waals surface area (Å²) in [6.07, 6.45) is 6.01. The smallest absolute Gasteiger partial charge is 0.214 e. The van der Waals surface area contributed by atoms with Crippen LogP contribution in [0.1, 0.15) is 32.2 Å². The first-order valence-electron chi connectivity index (χ1n) is 7.62. The first-order chi connectivity index (χ1) is 11.4. The Morgan fingerprint density at radius 3 is 2.75 bits per heavy atom. The predicted octanol–water partition coefficient (Wildman–Crippen LogP) is 4.11. The molecular formula is C16H17BrN6S. The maximum Gasteiger partial charge on any atom is 0.214 e. The molecule has 6 nitrogen and oxygen atoms in total. The number of hydrogen-bond donors (Lipinski definition) is 1. The van der Waals surface area contributed by atoms with E-state index in [1.807, 2.05) is 39.6 Å². The molecule has 0 fully saturated rings. The molecule has 0 unspecified atom stereocenters. The molecule has 4 rings (SSSR count). The van der Waals surface area contributed by atoms with Crippen LogP contribution in [0.4, 0.5) is 5.13 Å². The summed E-state index contributed by atoms with van der Waals surface area (Å²) in [5.41, 5.74) is 2.99. The number of aromatic nitrogens is 5. The van der Waals surface area contributed by atoms with Crippen molar-refractivity contribution in [2.75, 3.05) is 5.32 Å². The Balaban J connectivity index is 1.52. The van der Waals surface area contributed by atoms with Crippen LogP contribution in [0.15, 0.2) is 35.2 Å². The zero-order valence-corrected chi connectivity index (χ0v) is 16.0. The molecule has 0 saturated carbocycles. The van der Waals surface area contributed by atoms with Crippen molar-refractivity contribution in [1.29, 1.82) is 0 Å². The van der Waals surface area contributed by atoms with Crippen LogP contribution in [-0.2, 0) is 12.0 Å². The van der Waals surface area contributed by atoms with E-state index in [0.29, 0.717) is 6.54 Å². The van der Waals surface area contributed by atoms with E-state index in [2.05, 4.69) is 57.1 Å². The second kappa shape index (κ2) is 5.56. The van der Waals surface area contributed by atoms with Crippen molar-refractivity contribution in [2.24, 2.45) is 0 Å². The molecular weight excluding hydrogens is 388 g/mol. The van der Waals surface area contributed by atoms with Crippen LogP contribution < -0.4 is 5.32 Å². The predicted molar refractivity (Wildman–Crippen MR) is 99.8 cm³/mol. The Hall–Kier alpha value is -1.93. The monoisotopic (exact) mass is 404 g/mol. The lowest BCUT2D eigenvalue weighted by molar-refractivity contribution is 0.572. The molecule has 0 aliphatic rings. The summed E-state index contributed by atoms with van der Waals surface area (Å²) in [7, 11) is 0. The summed E-state index contributed by atoms with van der Waals surface area (Å²) in [5, 5.41) is 8.72. The van der Waals surface area contributed by atoms with Gasteiger partial charge in [0.1, 0.15) is 5.65 Å². The van der Waals surface area contributed by atoms with Crippen molar-refractivity contribution < 1.29 is 0 Å². The van der Waals surface area contributed by atoms with Crippen molar-refractivity contribution >= 4 is 43.0 Å². The van der Waals surface area contributed by atoms with Gasteiger partial charge in [-0.2, -0.15) is 0 Å². The number of hydrogen-bond acceptors (Lipinski definition) is 5. The SMILES string of the molecule is CC(C)(C)c1cn2nc(NCc3cn4cc(Br)ccc4n3)sc2n1. The molecule has 1 N–H and O–H groups in total. The number of rotatable bonds is 3. The number of pyridine rings is 1. The Bertz CT molecular complexity index is 991. The van der Waals surface area contributed by atoms with Gasteiger partial charge in [-0.15, -0.1) is 5.10 Å². The number of nitrogens with one attached hydrogen (secondary N) is 1. The second-order valence-electron chi connectivity index (χ2n) is 6.71. The van der Waals surface area contributed by atoms with Gasteiger partial charge in [-0.3, -0.25) is 0 Å². The van der Waals surface area contributed by atoms with Crippen molar-refractivity contribution in [1.82, 2.24) is 24.0 Å². The standard InChI is InChI=1S/C16H17BrN6S/c1-16(2,3)12-9-23-15(20-12)24-14(21-23)18-6-11-8-22-7-10(17)4-5-13(22)19-11/h4-5,7-9H,6H2,1-3H3,(H,18,21). The fourth-order valence-electron chi connectivity index (χ4n) is 2.40. The summed E-state index contributed by atoms with van der Waals surface area (Å²) < 4.78 is 4.88. The quantitative estimate of drug-likeness (QED) is 0.557. The first-order valence-corrected chi connectivity index (χ1v) is 9.23. The maximum atomic E-state index is 4.66. The molecule has 8 heteroatoms. The van der Waals surface area contributed by atoms with E-state index in [4.69, 9.17) is 0 Å². The molecule has 0 spiro atoms. The summed E-state index contributed by atoms with van der Waals surface area (Å²) >= 11 is 5.02. The van der Waals surface area contributed by atoms with E-state index in [1.165, 1.54) is 0 Å². The van der Waals surface area contributed by atoms with Crippen LogP contribution in [0, 0.1) is 0 Å². The molecule has 4 aromatic rings. The molecule has 0 aliphatic heterocycles. The Labute approximate surface area is 151 Å². The zero-order chi connectivity index (χ0) is 16.9. The van der Waals surface area contributed by atoms with Gasteiger partial charge in [0.2, 0.25) is 10.1 Å². The van der Waals surface area contributed by atoms with Gasteiger partial charge in [-0.1, -0.05) is 32.1 Å². The molecule has 0 aliphatic carbocycles. The van der Waals surface area contributed by atoms with Gasteiger partial charge in [-0.25, -0.2) is 14.5 Å². The minimum atomic E-state index is 0.0336. The second-order valence-corrected chi connectivity index (χ2v) is 8.58. The highest BCUT2D eigenvalue weighted by atomic mass is 79.9. The third-order valence-corrected chi connectivity index (χ3v) is 5.05. The lowest BCUT2D eigenvalue weighted by Gasteiger charge is -2.13. The van der Waals surface area contributed by atoms with Gasteiger partial charge in [0.25, 0.3) is 0 Å². The zero-order valence-electron chi connectivity index (χ0n) is 13.6. The first kappa shape index (κ1) is 15.6. The average Bonchev–Trinajstić information content (AvgIpc) is 3.15. The molecule has 0 aromatic carbocycles. The van der Waals surface area contributed by atoms with Crippen LogP contribution in [0.25, 0.3) is 10.6 Å². The van der Waals surface area contributed by atoms with Crippen molar-refractivity contribution in [3.8, 4) is 0 Å².